The minimum Gasteiger partial charge on any atom is -0.465 e. The van der Waals surface area contributed by atoms with Crippen molar-refractivity contribution in [3.63, 3.8) is 0 Å². The predicted octanol–water partition coefficient (Wildman–Crippen LogP) is -1.11. The van der Waals surface area contributed by atoms with Gasteiger partial charge in [0.05, 0.1) is 13.2 Å². The number of nitrogens with zero attached hydrogens (tertiary/aromatic N) is 5. The van der Waals surface area contributed by atoms with Crippen molar-refractivity contribution in [1.82, 2.24) is 24.0 Å². The molecule has 10 nitrogen and oxygen atoms in total. The molecule has 0 aromatic carbocycles. The van der Waals surface area contributed by atoms with Gasteiger partial charge in [0, 0.05) is 33.2 Å². The Hall–Kier alpha value is -3.06. The lowest BCUT2D eigenvalue weighted by Crippen LogP contribution is -2.44. The summed E-state index contributed by atoms with van der Waals surface area (Å²) in [5, 5.41) is 3.28. The Balaban J connectivity index is 2.24. The molecule has 1 saturated heterocycles. The first-order chi connectivity index (χ1) is 13.5. The molecule has 0 radical (unpaired) electrons. The first-order valence-corrected chi connectivity index (χ1v) is 9.20. The molecule has 1 N–H and O–H groups in total. The number of anilines is 1. The molecule has 2 aromatic heterocycles. The molecule has 0 bridgehead atoms. The number of aryl methyl sites for hydroxylation is 1. The smallest absolute Gasteiger partial charge is 0.333 e. The van der Waals surface area contributed by atoms with Crippen LogP contribution in [0.4, 0.5) is 5.95 Å². The zero-order chi connectivity index (χ0) is 20.3. The number of hydrogen-bond acceptors (Lipinski definition) is 7. The lowest BCUT2D eigenvalue weighted by atomic mass is 10.4. The highest BCUT2D eigenvalue weighted by Gasteiger charge is 2.24. The van der Waals surface area contributed by atoms with Crippen LogP contribution in [-0.2, 0) is 29.7 Å². The summed E-state index contributed by atoms with van der Waals surface area (Å²) >= 11 is 0. The number of fused-ring (bicyclic) bond motifs is 1. The topological polar surface area (TPSA) is 103 Å². The molecule has 0 spiro atoms. The van der Waals surface area contributed by atoms with Crippen LogP contribution in [0, 0.1) is 11.8 Å². The fourth-order valence-corrected chi connectivity index (χ4v) is 3.25. The number of imidazole rings is 1. The highest BCUT2D eigenvalue weighted by molar-refractivity contribution is 5.75. The van der Waals surface area contributed by atoms with Gasteiger partial charge in [0.1, 0.15) is 6.54 Å². The van der Waals surface area contributed by atoms with E-state index in [1.165, 1.54) is 11.6 Å². The SMILES string of the molecule is CC#CCn1c(N2CCNCC2)nc2c1c(=O)n(CC(=O)OCC)c(=O)n2C. The van der Waals surface area contributed by atoms with Gasteiger partial charge in [-0.05, 0) is 13.8 Å². The summed E-state index contributed by atoms with van der Waals surface area (Å²) in [6, 6.07) is 0. The lowest BCUT2D eigenvalue weighted by molar-refractivity contribution is -0.143. The van der Waals surface area contributed by atoms with Crippen LogP contribution in [0.5, 0.6) is 0 Å². The summed E-state index contributed by atoms with van der Waals surface area (Å²) in [6.45, 7) is 6.44. The number of rotatable bonds is 5. The molecule has 0 unspecified atom stereocenters. The van der Waals surface area contributed by atoms with Gasteiger partial charge < -0.3 is 15.0 Å². The quantitative estimate of drug-likeness (QED) is 0.512. The average Bonchev–Trinajstić information content (AvgIpc) is 3.08. The Kier molecular flexibility index (Phi) is 5.84. The van der Waals surface area contributed by atoms with Gasteiger partial charge in [0.15, 0.2) is 11.2 Å². The normalized spacial score (nSPS) is 14.0. The zero-order valence-corrected chi connectivity index (χ0v) is 16.3. The van der Waals surface area contributed by atoms with Crippen LogP contribution in [0.1, 0.15) is 13.8 Å². The maximum atomic E-state index is 13.1. The predicted molar refractivity (Wildman–Crippen MR) is 104 cm³/mol. The fraction of sp³-hybridized carbons (Fsp3) is 0.556. The molecule has 150 valence electrons. The van der Waals surface area contributed by atoms with Crippen molar-refractivity contribution >= 4 is 23.1 Å². The van der Waals surface area contributed by atoms with Crippen molar-refractivity contribution in [3.8, 4) is 11.8 Å². The van der Waals surface area contributed by atoms with Crippen LogP contribution >= 0.6 is 0 Å². The van der Waals surface area contributed by atoms with Crippen molar-refractivity contribution in [2.45, 2.75) is 26.9 Å². The summed E-state index contributed by atoms with van der Waals surface area (Å²) in [5.41, 5.74) is -0.647. The first-order valence-electron chi connectivity index (χ1n) is 9.20. The van der Waals surface area contributed by atoms with E-state index < -0.39 is 23.8 Å². The molecule has 28 heavy (non-hydrogen) atoms. The van der Waals surface area contributed by atoms with E-state index in [0.29, 0.717) is 5.95 Å². The standard InChI is InChI=1S/C18H24N6O4/c1-4-6-9-23-14-15(20-17(23)22-10-7-19-8-11-22)21(3)18(27)24(16(14)26)12-13(25)28-5-2/h19H,5,7-12H2,1-3H3. The third-order valence-electron chi connectivity index (χ3n) is 4.62. The van der Waals surface area contributed by atoms with Crippen molar-refractivity contribution < 1.29 is 9.53 Å². The van der Waals surface area contributed by atoms with Crippen molar-refractivity contribution in [1.29, 1.82) is 0 Å². The van der Waals surface area contributed by atoms with E-state index in [1.54, 1.807) is 18.4 Å². The number of piperazine rings is 1. The summed E-state index contributed by atoms with van der Waals surface area (Å²) in [5.74, 6) is 5.76. The summed E-state index contributed by atoms with van der Waals surface area (Å²) in [4.78, 5) is 44.3. The molecule has 3 heterocycles. The number of aromatic nitrogens is 4. The minimum absolute atomic E-state index is 0.174. The van der Waals surface area contributed by atoms with Gasteiger partial charge in [-0.3, -0.25) is 18.7 Å². The lowest BCUT2D eigenvalue weighted by Gasteiger charge is -2.28. The third kappa shape index (κ3) is 3.53. The molecule has 0 amide bonds. The minimum atomic E-state index is -0.636. The highest BCUT2D eigenvalue weighted by Crippen LogP contribution is 2.19. The Morgan fingerprint density at radius 2 is 1.96 bits per heavy atom. The van der Waals surface area contributed by atoms with Crippen LogP contribution in [0.25, 0.3) is 11.2 Å². The van der Waals surface area contributed by atoms with Crippen LogP contribution in [0.15, 0.2) is 9.59 Å². The number of nitrogens with one attached hydrogen (secondary N) is 1. The number of carbonyl (C=O) groups excluding carboxylic acids is 1. The van der Waals surface area contributed by atoms with Crippen LogP contribution < -0.4 is 21.5 Å². The maximum absolute atomic E-state index is 13.1. The Morgan fingerprint density at radius 1 is 1.25 bits per heavy atom. The van der Waals surface area contributed by atoms with Gasteiger partial charge >= 0.3 is 11.7 Å². The summed E-state index contributed by atoms with van der Waals surface area (Å²) in [6.07, 6.45) is 0. The molecule has 1 aliphatic rings. The average molecular weight is 388 g/mol. The Labute approximate surface area is 161 Å². The van der Waals surface area contributed by atoms with Crippen LogP contribution in [-0.4, -0.2) is 57.4 Å². The molecule has 2 aromatic rings. The largest absolute Gasteiger partial charge is 0.465 e. The molecular formula is C18H24N6O4. The zero-order valence-electron chi connectivity index (χ0n) is 16.3. The molecule has 0 aliphatic carbocycles. The van der Waals surface area contributed by atoms with Gasteiger partial charge in [-0.2, -0.15) is 4.98 Å². The van der Waals surface area contributed by atoms with Gasteiger partial charge in [-0.25, -0.2) is 9.36 Å². The van der Waals surface area contributed by atoms with E-state index in [1.807, 2.05) is 0 Å². The number of hydrogen-bond donors (Lipinski definition) is 1. The molecule has 10 heteroatoms. The van der Waals surface area contributed by atoms with Crippen molar-refractivity contribution in [2.24, 2.45) is 7.05 Å². The second kappa shape index (κ2) is 8.31. The monoisotopic (exact) mass is 388 g/mol. The number of carbonyl (C=O) groups is 1. The van der Waals surface area contributed by atoms with E-state index in [0.717, 1.165) is 30.7 Å². The van der Waals surface area contributed by atoms with E-state index in [2.05, 4.69) is 27.0 Å². The molecule has 1 aliphatic heterocycles. The van der Waals surface area contributed by atoms with Crippen molar-refractivity contribution in [2.75, 3.05) is 37.7 Å². The maximum Gasteiger partial charge on any atom is 0.333 e. The third-order valence-corrected chi connectivity index (χ3v) is 4.62. The fourth-order valence-electron chi connectivity index (χ4n) is 3.25. The number of esters is 1. The summed E-state index contributed by atoms with van der Waals surface area (Å²) < 4.78 is 8.80. The molecule has 1 fully saturated rings. The van der Waals surface area contributed by atoms with E-state index >= 15 is 0 Å². The summed E-state index contributed by atoms with van der Waals surface area (Å²) in [7, 11) is 1.54. The van der Waals surface area contributed by atoms with E-state index in [9.17, 15) is 14.4 Å². The highest BCUT2D eigenvalue weighted by atomic mass is 16.5. The number of ether oxygens (including phenoxy) is 1. The second-order valence-corrected chi connectivity index (χ2v) is 6.37. The van der Waals surface area contributed by atoms with Crippen molar-refractivity contribution in [3.05, 3.63) is 20.8 Å². The first kappa shape index (κ1) is 19.7. The Morgan fingerprint density at radius 3 is 2.61 bits per heavy atom. The Bertz CT molecular complexity index is 1060. The van der Waals surface area contributed by atoms with Crippen LogP contribution in [0.2, 0.25) is 0 Å². The molecule has 0 saturated carbocycles. The molecular weight excluding hydrogens is 364 g/mol. The van der Waals surface area contributed by atoms with Gasteiger partial charge in [-0.15, -0.1) is 5.92 Å². The molecule has 0 atom stereocenters. The van der Waals surface area contributed by atoms with E-state index in [4.69, 9.17) is 4.74 Å². The van der Waals surface area contributed by atoms with Crippen LogP contribution in [0.3, 0.4) is 0 Å². The van der Waals surface area contributed by atoms with Gasteiger partial charge in [-0.1, -0.05) is 5.92 Å². The molecule has 3 rings (SSSR count). The van der Waals surface area contributed by atoms with Gasteiger partial charge in [0.2, 0.25) is 5.95 Å². The van der Waals surface area contributed by atoms with E-state index in [-0.39, 0.29) is 24.3 Å². The second-order valence-electron chi connectivity index (χ2n) is 6.37. The van der Waals surface area contributed by atoms with Gasteiger partial charge in [0.25, 0.3) is 5.56 Å².